The van der Waals surface area contributed by atoms with Gasteiger partial charge in [0.2, 0.25) is 0 Å². The topological polar surface area (TPSA) is 102 Å². The molecule has 6 nitrogen and oxygen atoms in total. The van der Waals surface area contributed by atoms with E-state index < -0.39 is 51.5 Å². The fourth-order valence-corrected chi connectivity index (χ4v) is 11.1. The van der Waals surface area contributed by atoms with Crippen LogP contribution in [0, 0.1) is 0 Å². The zero-order valence-corrected chi connectivity index (χ0v) is 15.5. The molecule has 1 saturated heterocycles. The minimum Gasteiger partial charge on any atom is -0.229 e. The Morgan fingerprint density at radius 1 is 0.640 bits per heavy atom. The first-order valence-corrected chi connectivity index (χ1v) is 12.3. The number of benzene rings is 2. The molecule has 1 aliphatic rings. The minimum absolute atomic E-state index is 0.0784. The lowest BCUT2D eigenvalue weighted by molar-refractivity contribution is 0.567. The zero-order valence-electron chi connectivity index (χ0n) is 13.0. The van der Waals surface area contributed by atoms with Gasteiger partial charge in [0.15, 0.2) is 29.5 Å². The van der Waals surface area contributed by atoms with Gasteiger partial charge in [-0.3, -0.25) is 0 Å². The van der Waals surface area contributed by atoms with E-state index in [9.17, 15) is 25.3 Å². The van der Waals surface area contributed by atoms with E-state index in [0.29, 0.717) is 0 Å². The molecule has 1 aliphatic heterocycles. The van der Waals surface area contributed by atoms with Crippen LogP contribution in [0.15, 0.2) is 70.5 Å². The van der Waals surface area contributed by atoms with Crippen LogP contribution in [0.25, 0.3) is 0 Å². The molecule has 134 valence electrons. The highest BCUT2D eigenvalue weighted by atomic mass is 32.2. The summed E-state index contributed by atoms with van der Waals surface area (Å²) in [6.07, 6.45) is 0. The first-order chi connectivity index (χ1) is 11.6. The van der Waals surface area contributed by atoms with Gasteiger partial charge in [0.1, 0.15) is 0 Å². The fraction of sp³-hybridized carbons (Fsp3) is 0.250. The second-order valence-electron chi connectivity index (χ2n) is 5.87. The maximum atomic E-state index is 12.9. The SMILES string of the molecule is O=S1(=O)CC(S(=O)(=O)c2ccccc2)C(S(=O)(=O)c2ccccc2)C1. The van der Waals surface area contributed by atoms with Crippen LogP contribution in [0.3, 0.4) is 0 Å². The molecular weight excluding hydrogens is 384 g/mol. The summed E-state index contributed by atoms with van der Waals surface area (Å²) >= 11 is 0. The molecule has 1 fully saturated rings. The van der Waals surface area contributed by atoms with Crippen LogP contribution in [0.2, 0.25) is 0 Å². The van der Waals surface area contributed by atoms with Gasteiger partial charge in [-0.25, -0.2) is 25.3 Å². The lowest BCUT2D eigenvalue weighted by Gasteiger charge is -2.19. The van der Waals surface area contributed by atoms with Crippen LogP contribution in [-0.2, 0) is 29.5 Å². The van der Waals surface area contributed by atoms with Crippen molar-refractivity contribution in [2.75, 3.05) is 11.5 Å². The van der Waals surface area contributed by atoms with Crippen molar-refractivity contribution in [2.45, 2.75) is 20.3 Å². The number of sulfone groups is 3. The molecule has 0 saturated carbocycles. The molecule has 9 heteroatoms. The largest absolute Gasteiger partial charge is 0.229 e. The number of rotatable bonds is 4. The highest BCUT2D eigenvalue weighted by Crippen LogP contribution is 2.32. The standard InChI is InChI=1S/C16H16O6S3/c17-23(18)11-15(24(19,20)13-7-3-1-4-8-13)16(12-23)25(21,22)14-9-5-2-6-10-14/h1-10,15-16H,11-12H2. The Hall–Kier alpha value is -1.71. The summed E-state index contributed by atoms with van der Waals surface area (Å²) in [7, 11) is -12.0. The van der Waals surface area contributed by atoms with E-state index in [1.807, 2.05) is 0 Å². The van der Waals surface area contributed by atoms with Crippen molar-refractivity contribution in [1.82, 2.24) is 0 Å². The van der Waals surface area contributed by atoms with Gasteiger partial charge in [-0.15, -0.1) is 0 Å². The Morgan fingerprint density at radius 2 is 0.960 bits per heavy atom. The third-order valence-electron chi connectivity index (χ3n) is 4.19. The van der Waals surface area contributed by atoms with Crippen molar-refractivity contribution in [3.8, 4) is 0 Å². The molecule has 1 heterocycles. The summed E-state index contributed by atoms with van der Waals surface area (Å²) in [6.45, 7) is 0. The molecule has 0 aromatic heterocycles. The van der Waals surface area contributed by atoms with E-state index in [-0.39, 0.29) is 9.79 Å². The molecule has 2 aromatic rings. The van der Waals surface area contributed by atoms with E-state index in [1.54, 1.807) is 12.1 Å². The monoisotopic (exact) mass is 400 g/mol. The summed E-state index contributed by atoms with van der Waals surface area (Å²) in [5.41, 5.74) is 0. The average Bonchev–Trinajstić information content (AvgIpc) is 2.94. The molecule has 0 radical (unpaired) electrons. The maximum absolute atomic E-state index is 12.9. The van der Waals surface area contributed by atoms with Crippen molar-refractivity contribution >= 4 is 29.5 Å². The minimum atomic E-state index is -4.11. The van der Waals surface area contributed by atoms with Gasteiger partial charge in [0, 0.05) is 0 Å². The lowest BCUT2D eigenvalue weighted by Crippen LogP contribution is -2.38. The molecule has 0 aliphatic carbocycles. The van der Waals surface area contributed by atoms with E-state index in [2.05, 4.69) is 0 Å². The number of hydrogen-bond acceptors (Lipinski definition) is 6. The van der Waals surface area contributed by atoms with Gasteiger partial charge in [-0.2, -0.15) is 0 Å². The Kier molecular flexibility index (Phi) is 4.50. The van der Waals surface area contributed by atoms with E-state index in [4.69, 9.17) is 0 Å². The van der Waals surface area contributed by atoms with Crippen molar-refractivity contribution in [2.24, 2.45) is 0 Å². The van der Waals surface area contributed by atoms with Crippen LogP contribution >= 0.6 is 0 Å². The molecule has 0 N–H and O–H groups in total. The third kappa shape index (κ3) is 3.36. The first kappa shape index (κ1) is 18.1. The van der Waals surface area contributed by atoms with Crippen LogP contribution in [0.4, 0.5) is 0 Å². The molecule has 2 atom stereocenters. The Bertz CT molecular complexity index is 990. The molecule has 0 bridgehead atoms. The van der Waals surface area contributed by atoms with Gasteiger partial charge in [-0.1, -0.05) is 36.4 Å². The van der Waals surface area contributed by atoms with Crippen LogP contribution in [0.5, 0.6) is 0 Å². The summed E-state index contributed by atoms with van der Waals surface area (Å²) in [5, 5.41) is -3.05. The zero-order chi connectivity index (χ0) is 18.3. The predicted octanol–water partition coefficient (Wildman–Crippen LogP) is 1.10. The average molecular weight is 400 g/mol. The third-order valence-corrected chi connectivity index (χ3v) is 11.0. The second kappa shape index (κ2) is 6.22. The second-order valence-corrected chi connectivity index (χ2v) is 12.4. The smallest absolute Gasteiger partial charge is 0.183 e. The van der Waals surface area contributed by atoms with Crippen molar-refractivity contribution in [3.63, 3.8) is 0 Å². The Balaban J connectivity index is 2.13. The maximum Gasteiger partial charge on any atom is 0.183 e. The predicted molar refractivity (Wildman–Crippen MR) is 93.5 cm³/mol. The quantitative estimate of drug-likeness (QED) is 0.761. The van der Waals surface area contributed by atoms with Crippen molar-refractivity contribution in [3.05, 3.63) is 60.7 Å². The molecule has 2 unspecified atom stereocenters. The highest BCUT2D eigenvalue weighted by Gasteiger charge is 2.52. The molecule has 0 spiro atoms. The molecule has 2 aromatic carbocycles. The molecule has 25 heavy (non-hydrogen) atoms. The Morgan fingerprint density at radius 3 is 1.28 bits per heavy atom. The molecule has 0 amide bonds. The summed E-state index contributed by atoms with van der Waals surface area (Å²) in [5.74, 6) is -1.39. The summed E-state index contributed by atoms with van der Waals surface area (Å²) in [6, 6.07) is 14.7. The van der Waals surface area contributed by atoms with Crippen LogP contribution in [-0.4, -0.2) is 47.3 Å². The van der Waals surface area contributed by atoms with E-state index in [1.165, 1.54) is 48.5 Å². The van der Waals surface area contributed by atoms with Gasteiger partial charge in [0.25, 0.3) is 0 Å². The highest BCUT2D eigenvalue weighted by molar-refractivity contribution is 8.00. The molecule has 3 rings (SSSR count). The lowest BCUT2D eigenvalue weighted by atomic mass is 10.3. The van der Waals surface area contributed by atoms with Crippen molar-refractivity contribution in [1.29, 1.82) is 0 Å². The normalized spacial score (nSPS) is 23.4. The van der Waals surface area contributed by atoms with E-state index >= 15 is 0 Å². The fourth-order valence-electron chi connectivity index (χ4n) is 2.93. The number of hydrogen-bond donors (Lipinski definition) is 0. The van der Waals surface area contributed by atoms with Gasteiger partial charge < -0.3 is 0 Å². The van der Waals surface area contributed by atoms with Crippen LogP contribution < -0.4 is 0 Å². The van der Waals surface area contributed by atoms with E-state index in [0.717, 1.165) is 0 Å². The first-order valence-electron chi connectivity index (χ1n) is 7.43. The summed E-state index contributed by atoms with van der Waals surface area (Å²) < 4.78 is 75.7. The van der Waals surface area contributed by atoms with Gasteiger partial charge >= 0.3 is 0 Å². The van der Waals surface area contributed by atoms with Gasteiger partial charge in [0.05, 0.1) is 31.8 Å². The van der Waals surface area contributed by atoms with Crippen molar-refractivity contribution < 1.29 is 25.3 Å². The molecular formula is C16H16O6S3. The van der Waals surface area contributed by atoms with Gasteiger partial charge in [-0.05, 0) is 24.3 Å². The summed E-state index contributed by atoms with van der Waals surface area (Å²) in [4.78, 5) is -0.157. The Labute approximate surface area is 147 Å². The van der Waals surface area contributed by atoms with Crippen LogP contribution in [0.1, 0.15) is 0 Å².